The molecular formula is C18H15Cl3N2O4. The third-order valence-corrected chi connectivity index (χ3v) is 4.35. The Balaban J connectivity index is 2.01. The van der Waals surface area contributed by atoms with E-state index in [0.717, 1.165) is 0 Å². The van der Waals surface area contributed by atoms with Crippen molar-refractivity contribution in [2.24, 2.45) is 5.10 Å². The van der Waals surface area contributed by atoms with Crippen LogP contribution in [0, 0.1) is 0 Å². The molecule has 0 fully saturated rings. The Morgan fingerprint density at radius 3 is 2.33 bits per heavy atom. The molecule has 2 rings (SSSR count). The van der Waals surface area contributed by atoms with Crippen LogP contribution in [0.2, 0.25) is 15.1 Å². The van der Waals surface area contributed by atoms with Gasteiger partial charge in [-0.05, 0) is 11.6 Å². The lowest BCUT2D eigenvalue weighted by Crippen LogP contribution is -2.26. The van der Waals surface area contributed by atoms with Crippen molar-refractivity contribution in [2.75, 3.05) is 6.61 Å². The number of nitrogens with one attached hydrogen (secondary N) is 1. The number of benzene rings is 2. The Labute approximate surface area is 170 Å². The molecule has 0 bridgehead atoms. The van der Waals surface area contributed by atoms with Crippen LogP contribution in [0.5, 0.6) is 5.75 Å². The van der Waals surface area contributed by atoms with Crippen LogP contribution in [0.25, 0.3) is 0 Å². The van der Waals surface area contributed by atoms with Crippen molar-refractivity contribution < 1.29 is 19.4 Å². The van der Waals surface area contributed by atoms with Gasteiger partial charge in [0, 0.05) is 12.5 Å². The number of amides is 1. The van der Waals surface area contributed by atoms with Gasteiger partial charge in [0.25, 0.3) is 5.91 Å². The number of carbonyl (C=O) groups excluding carboxylic acids is 1. The molecule has 2 aromatic rings. The minimum absolute atomic E-state index is 0.112. The number of carboxylic acids is 1. The summed E-state index contributed by atoms with van der Waals surface area (Å²) in [6.45, 7) is -0.359. The van der Waals surface area contributed by atoms with E-state index in [1.54, 1.807) is 24.3 Å². The van der Waals surface area contributed by atoms with Gasteiger partial charge >= 0.3 is 5.97 Å². The fourth-order valence-electron chi connectivity index (χ4n) is 2.04. The molecule has 0 aliphatic heterocycles. The minimum atomic E-state index is -0.956. The molecule has 27 heavy (non-hydrogen) atoms. The topological polar surface area (TPSA) is 88.0 Å². The van der Waals surface area contributed by atoms with Gasteiger partial charge in [-0.3, -0.25) is 9.59 Å². The molecule has 142 valence electrons. The van der Waals surface area contributed by atoms with Gasteiger partial charge in [-0.2, -0.15) is 5.10 Å². The highest BCUT2D eigenvalue weighted by molar-refractivity contribution is 6.43. The first-order valence-corrected chi connectivity index (χ1v) is 8.90. The number of carbonyl (C=O) groups is 2. The summed E-state index contributed by atoms with van der Waals surface area (Å²) < 4.78 is 5.32. The van der Waals surface area contributed by atoms with Crippen molar-refractivity contribution >= 4 is 52.4 Å². The third kappa shape index (κ3) is 6.75. The standard InChI is InChI=1S/C18H15Cl3N2O4/c19-12-8-14(21)16(9-13(12)20)27-10-17(24)23-22-15(6-7-18(25)26)11-4-2-1-3-5-11/h1-5,8-9H,6-7,10H2,(H,23,24)(H,25,26). The summed E-state index contributed by atoms with van der Waals surface area (Å²) in [5.74, 6) is -1.29. The number of hydrazone groups is 1. The molecule has 0 unspecified atom stereocenters. The number of nitrogens with zero attached hydrogens (tertiary/aromatic N) is 1. The first kappa shape index (κ1) is 21.0. The van der Waals surface area contributed by atoms with E-state index in [1.165, 1.54) is 12.1 Å². The zero-order valence-corrected chi connectivity index (χ0v) is 16.2. The second-order valence-corrected chi connectivity index (χ2v) is 6.56. The second-order valence-electron chi connectivity index (χ2n) is 5.34. The van der Waals surface area contributed by atoms with Crippen molar-refractivity contribution in [3.05, 3.63) is 63.1 Å². The summed E-state index contributed by atoms with van der Waals surface area (Å²) in [5, 5.41) is 13.6. The van der Waals surface area contributed by atoms with E-state index in [0.29, 0.717) is 11.3 Å². The molecule has 0 saturated heterocycles. The fraction of sp³-hybridized carbons (Fsp3) is 0.167. The highest BCUT2D eigenvalue weighted by Crippen LogP contribution is 2.33. The molecule has 0 aromatic heterocycles. The molecule has 0 saturated carbocycles. The highest BCUT2D eigenvalue weighted by atomic mass is 35.5. The van der Waals surface area contributed by atoms with Crippen LogP contribution in [0.15, 0.2) is 47.6 Å². The maximum atomic E-state index is 12.0. The maximum absolute atomic E-state index is 12.0. The van der Waals surface area contributed by atoms with Crippen molar-refractivity contribution in [1.82, 2.24) is 5.43 Å². The molecule has 0 radical (unpaired) electrons. The Morgan fingerprint density at radius 1 is 1.00 bits per heavy atom. The Hall–Kier alpha value is -2.28. The Bertz CT molecular complexity index is 857. The van der Waals surface area contributed by atoms with E-state index in [2.05, 4.69) is 10.5 Å². The molecule has 0 aliphatic rings. The Morgan fingerprint density at radius 2 is 1.67 bits per heavy atom. The van der Waals surface area contributed by atoms with Crippen LogP contribution in [0.4, 0.5) is 0 Å². The van der Waals surface area contributed by atoms with E-state index in [-0.39, 0.29) is 40.3 Å². The minimum Gasteiger partial charge on any atom is -0.482 e. The van der Waals surface area contributed by atoms with E-state index < -0.39 is 11.9 Å². The van der Waals surface area contributed by atoms with Crippen molar-refractivity contribution in [1.29, 1.82) is 0 Å². The molecule has 0 aliphatic carbocycles. The number of rotatable bonds is 8. The fourth-order valence-corrected chi connectivity index (χ4v) is 2.63. The Kier molecular flexibility index (Phi) is 7.91. The largest absolute Gasteiger partial charge is 0.482 e. The van der Waals surface area contributed by atoms with Crippen molar-refractivity contribution in [2.45, 2.75) is 12.8 Å². The summed E-state index contributed by atoms with van der Waals surface area (Å²) in [6, 6.07) is 11.8. The van der Waals surface area contributed by atoms with Crippen LogP contribution in [-0.4, -0.2) is 29.3 Å². The van der Waals surface area contributed by atoms with E-state index in [9.17, 15) is 9.59 Å². The molecule has 0 spiro atoms. The van der Waals surface area contributed by atoms with E-state index in [4.69, 9.17) is 44.6 Å². The smallest absolute Gasteiger partial charge is 0.303 e. The van der Waals surface area contributed by atoms with Gasteiger partial charge in [-0.1, -0.05) is 65.1 Å². The first-order valence-electron chi connectivity index (χ1n) is 7.76. The van der Waals surface area contributed by atoms with Gasteiger partial charge in [0.1, 0.15) is 5.75 Å². The number of ether oxygens (including phenoxy) is 1. The molecule has 2 aromatic carbocycles. The number of carboxylic acid groups (broad SMARTS) is 1. The summed E-state index contributed by atoms with van der Waals surface area (Å²) in [5.41, 5.74) is 3.51. The zero-order valence-electron chi connectivity index (χ0n) is 13.9. The number of hydrogen-bond donors (Lipinski definition) is 2. The molecular weight excluding hydrogens is 415 g/mol. The number of hydrogen-bond acceptors (Lipinski definition) is 4. The lowest BCUT2D eigenvalue weighted by molar-refractivity contribution is -0.136. The van der Waals surface area contributed by atoms with Crippen LogP contribution in [0.3, 0.4) is 0 Å². The van der Waals surface area contributed by atoms with Crippen LogP contribution >= 0.6 is 34.8 Å². The van der Waals surface area contributed by atoms with Gasteiger partial charge in [0.05, 0.1) is 27.2 Å². The SMILES string of the molecule is O=C(O)CCC(=NNC(=O)COc1cc(Cl)c(Cl)cc1Cl)c1ccccc1. The third-order valence-electron chi connectivity index (χ3n) is 3.33. The normalized spacial score (nSPS) is 11.1. The van der Waals surface area contributed by atoms with E-state index in [1.807, 2.05) is 6.07 Å². The molecule has 6 nitrogen and oxygen atoms in total. The van der Waals surface area contributed by atoms with Crippen LogP contribution in [-0.2, 0) is 9.59 Å². The van der Waals surface area contributed by atoms with Crippen molar-refractivity contribution in [3.63, 3.8) is 0 Å². The zero-order chi connectivity index (χ0) is 19.8. The van der Waals surface area contributed by atoms with Crippen LogP contribution < -0.4 is 10.2 Å². The summed E-state index contributed by atoms with van der Waals surface area (Å²) in [6.07, 6.45) is 0.0537. The molecule has 9 heteroatoms. The quantitative estimate of drug-likeness (QED) is 0.369. The average Bonchev–Trinajstić information content (AvgIpc) is 2.64. The predicted octanol–water partition coefficient (Wildman–Crippen LogP) is 4.41. The molecule has 1 amide bonds. The number of aliphatic carboxylic acids is 1. The first-order chi connectivity index (χ1) is 12.9. The lowest BCUT2D eigenvalue weighted by atomic mass is 10.1. The van der Waals surface area contributed by atoms with Gasteiger partial charge in [0.2, 0.25) is 0 Å². The summed E-state index contributed by atoms with van der Waals surface area (Å²) >= 11 is 17.7. The van der Waals surface area contributed by atoms with Gasteiger partial charge in [-0.15, -0.1) is 0 Å². The predicted molar refractivity (Wildman–Crippen MR) is 105 cm³/mol. The van der Waals surface area contributed by atoms with Gasteiger partial charge in [0.15, 0.2) is 6.61 Å². The lowest BCUT2D eigenvalue weighted by Gasteiger charge is -2.09. The molecule has 0 atom stereocenters. The number of halogens is 3. The van der Waals surface area contributed by atoms with Crippen LogP contribution in [0.1, 0.15) is 18.4 Å². The average molecular weight is 430 g/mol. The molecule has 0 heterocycles. The van der Waals surface area contributed by atoms with E-state index >= 15 is 0 Å². The molecule has 2 N–H and O–H groups in total. The van der Waals surface area contributed by atoms with Gasteiger partial charge < -0.3 is 9.84 Å². The highest BCUT2D eigenvalue weighted by Gasteiger charge is 2.11. The summed E-state index contributed by atoms with van der Waals surface area (Å²) in [7, 11) is 0. The second kappa shape index (κ2) is 10.2. The maximum Gasteiger partial charge on any atom is 0.303 e. The summed E-state index contributed by atoms with van der Waals surface area (Å²) in [4.78, 5) is 22.8. The monoisotopic (exact) mass is 428 g/mol. The van der Waals surface area contributed by atoms with Gasteiger partial charge in [-0.25, -0.2) is 5.43 Å². The van der Waals surface area contributed by atoms with Crippen molar-refractivity contribution in [3.8, 4) is 5.75 Å².